The molecule has 0 saturated heterocycles. The second-order valence-corrected chi connectivity index (χ2v) is 7.45. The van der Waals surface area contributed by atoms with Gasteiger partial charge in [0.2, 0.25) is 5.91 Å². The summed E-state index contributed by atoms with van der Waals surface area (Å²) in [4.78, 5) is 25.3. The maximum atomic E-state index is 12.8. The molecule has 0 aromatic heterocycles. The number of carbonyl (C=O) groups excluding carboxylic acids is 2. The SMILES string of the molecule is CC(C)CC(NC(=O)c1ccc(Cl)cc1)C(=O)Nc1ccc2c(c1)OCCO2. The van der Waals surface area contributed by atoms with E-state index in [9.17, 15) is 9.59 Å². The smallest absolute Gasteiger partial charge is 0.251 e. The molecule has 1 atom stereocenters. The summed E-state index contributed by atoms with van der Waals surface area (Å²) < 4.78 is 11.0. The molecule has 6 nitrogen and oxygen atoms in total. The minimum absolute atomic E-state index is 0.224. The number of hydrogen-bond donors (Lipinski definition) is 2. The average Bonchev–Trinajstić information content (AvgIpc) is 2.67. The van der Waals surface area contributed by atoms with Crippen LogP contribution in [-0.4, -0.2) is 31.1 Å². The van der Waals surface area contributed by atoms with Crippen LogP contribution in [0.3, 0.4) is 0 Å². The molecule has 0 radical (unpaired) electrons. The first-order valence-corrected chi connectivity index (χ1v) is 9.57. The van der Waals surface area contributed by atoms with E-state index in [2.05, 4.69) is 10.6 Å². The standard InChI is InChI=1S/C21H23ClN2O4/c1-13(2)11-17(24-20(25)14-3-5-15(22)6-4-14)21(26)23-16-7-8-18-19(12-16)28-10-9-27-18/h3-8,12-13,17H,9-11H2,1-2H3,(H,23,26)(H,24,25). The number of nitrogens with one attached hydrogen (secondary N) is 2. The van der Waals surface area contributed by atoms with E-state index in [0.717, 1.165) is 0 Å². The fourth-order valence-electron chi connectivity index (χ4n) is 2.90. The number of rotatable bonds is 6. The quantitative estimate of drug-likeness (QED) is 0.768. The zero-order chi connectivity index (χ0) is 20.1. The molecule has 7 heteroatoms. The number of halogens is 1. The first kappa shape index (κ1) is 20.0. The highest BCUT2D eigenvalue weighted by Crippen LogP contribution is 2.32. The molecule has 3 rings (SSSR count). The van der Waals surface area contributed by atoms with Gasteiger partial charge in [0, 0.05) is 22.3 Å². The summed E-state index contributed by atoms with van der Waals surface area (Å²) in [6.07, 6.45) is 0.510. The highest BCUT2D eigenvalue weighted by Gasteiger charge is 2.23. The Kier molecular flexibility index (Phi) is 6.41. The third-order valence-corrected chi connectivity index (χ3v) is 4.50. The molecular formula is C21H23ClN2O4. The van der Waals surface area contributed by atoms with Crippen molar-refractivity contribution in [1.29, 1.82) is 0 Å². The van der Waals surface area contributed by atoms with Gasteiger partial charge in [-0.2, -0.15) is 0 Å². The predicted octanol–water partition coefficient (Wildman–Crippen LogP) is 3.89. The van der Waals surface area contributed by atoms with Crippen LogP contribution in [0, 0.1) is 5.92 Å². The second-order valence-electron chi connectivity index (χ2n) is 7.01. The molecule has 0 bridgehead atoms. The van der Waals surface area contributed by atoms with Crippen LogP contribution in [0.15, 0.2) is 42.5 Å². The first-order chi connectivity index (χ1) is 13.4. The highest BCUT2D eigenvalue weighted by atomic mass is 35.5. The molecule has 2 N–H and O–H groups in total. The topological polar surface area (TPSA) is 76.7 Å². The Hall–Kier alpha value is -2.73. The maximum absolute atomic E-state index is 12.8. The van der Waals surface area contributed by atoms with Crippen LogP contribution >= 0.6 is 11.6 Å². The van der Waals surface area contributed by atoms with Crippen LogP contribution in [0.2, 0.25) is 5.02 Å². The van der Waals surface area contributed by atoms with Gasteiger partial charge < -0.3 is 20.1 Å². The van der Waals surface area contributed by atoms with Crippen LogP contribution in [0.5, 0.6) is 11.5 Å². The van der Waals surface area contributed by atoms with Crippen molar-refractivity contribution in [3.63, 3.8) is 0 Å². The van der Waals surface area contributed by atoms with Crippen molar-refractivity contribution in [2.75, 3.05) is 18.5 Å². The summed E-state index contributed by atoms with van der Waals surface area (Å²) in [5, 5.41) is 6.22. The van der Waals surface area contributed by atoms with Gasteiger partial charge in [0.25, 0.3) is 5.91 Å². The molecule has 148 valence electrons. The summed E-state index contributed by atoms with van der Waals surface area (Å²) in [5.74, 6) is 0.863. The van der Waals surface area contributed by atoms with E-state index < -0.39 is 6.04 Å². The zero-order valence-electron chi connectivity index (χ0n) is 15.8. The van der Waals surface area contributed by atoms with E-state index in [1.165, 1.54) is 0 Å². The molecule has 2 aromatic rings. The third kappa shape index (κ3) is 5.16. The second kappa shape index (κ2) is 8.97. The van der Waals surface area contributed by atoms with Crippen LogP contribution in [0.4, 0.5) is 5.69 Å². The van der Waals surface area contributed by atoms with Crippen LogP contribution < -0.4 is 20.1 Å². The Labute approximate surface area is 169 Å². The van der Waals surface area contributed by atoms with Gasteiger partial charge in [-0.25, -0.2) is 0 Å². The predicted molar refractivity (Wildman–Crippen MR) is 108 cm³/mol. The average molecular weight is 403 g/mol. The summed E-state index contributed by atoms with van der Waals surface area (Å²) in [6.45, 7) is 4.97. The van der Waals surface area contributed by atoms with Gasteiger partial charge in [0.15, 0.2) is 11.5 Å². The molecule has 0 fully saturated rings. The van der Waals surface area contributed by atoms with E-state index in [-0.39, 0.29) is 17.7 Å². The molecule has 1 heterocycles. The Morgan fingerprint density at radius 1 is 1.04 bits per heavy atom. The number of ether oxygens (including phenoxy) is 2. The summed E-state index contributed by atoms with van der Waals surface area (Å²) >= 11 is 5.87. The highest BCUT2D eigenvalue weighted by molar-refractivity contribution is 6.30. The number of benzene rings is 2. The normalized spacial score (nSPS) is 13.7. The van der Waals surface area contributed by atoms with Gasteiger partial charge in [0.1, 0.15) is 19.3 Å². The molecule has 0 aliphatic carbocycles. The van der Waals surface area contributed by atoms with E-state index in [1.54, 1.807) is 42.5 Å². The van der Waals surface area contributed by atoms with Crippen molar-refractivity contribution in [3.05, 3.63) is 53.1 Å². The molecular weight excluding hydrogens is 380 g/mol. The molecule has 1 aliphatic heterocycles. The molecule has 1 aliphatic rings. The first-order valence-electron chi connectivity index (χ1n) is 9.19. The molecule has 0 saturated carbocycles. The summed E-state index contributed by atoms with van der Waals surface area (Å²) in [5.41, 5.74) is 1.04. The van der Waals surface area contributed by atoms with Gasteiger partial charge in [-0.05, 0) is 48.7 Å². The summed E-state index contributed by atoms with van der Waals surface area (Å²) in [6, 6.07) is 11.1. The fourth-order valence-corrected chi connectivity index (χ4v) is 3.02. The minimum Gasteiger partial charge on any atom is -0.486 e. The van der Waals surface area contributed by atoms with Crippen LogP contribution in [0.25, 0.3) is 0 Å². The Balaban J connectivity index is 1.70. The number of anilines is 1. The lowest BCUT2D eigenvalue weighted by molar-refractivity contribution is -0.118. The molecule has 1 unspecified atom stereocenters. The van der Waals surface area contributed by atoms with Crippen LogP contribution in [0.1, 0.15) is 30.6 Å². The van der Waals surface area contributed by atoms with Crippen molar-refractivity contribution >= 4 is 29.1 Å². The van der Waals surface area contributed by atoms with Crippen molar-refractivity contribution in [3.8, 4) is 11.5 Å². The van der Waals surface area contributed by atoms with Gasteiger partial charge in [0.05, 0.1) is 0 Å². The molecule has 2 aromatic carbocycles. The molecule has 2 amide bonds. The van der Waals surface area contributed by atoms with E-state index in [1.807, 2.05) is 13.8 Å². The van der Waals surface area contributed by atoms with Crippen molar-refractivity contribution < 1.29 is 19.1 Å². The van der Waals surface area contributed by atoms with Crippen molar-refractivity contribution in [1.82, 2.24) is 5.32 Å². The van der Waals surface area contributed by atoms with Crippen LogP contribution in [-0.2, 0) is 4.79 Å². The lowest BCUT2D eigenvalue weighted by Crippen LogP contribution is -2.44. The lowest BCUT2D eigenvalue weighted by Gasteiger charge is -2.22. The molecule has 0 spiro atoms. The minimum atomic E-state index is -0.670. The van der Waals surface area contributed by atoms with Gasteiger partial charge in [-0.15, -0.1) is 0 Å². The van der Waals surface area contributed by atoms with E-state index >= 15 is 0 Å². The number of hydrogen-bond acceptors (Lipinski definition) is 4. The lowest BCUT2D eigenvalue weighted by atomic mass is 10.0. The zero-order valence-corrected chi connectivity index (χ0v) is 16.6. The number of carbonyl (C=O) groups is 2. The largest absolute Gasteiger partial charge is 0.486 e. The number of amides is 2. The van der Waals surface area contributed by atoms with Gasteiger partial charge >= 0.3 is 0 Å². The number of fused-ring (bicyclic) bond motifs is 1. The van der Waals surface area contributed by atoms with Crippen molar-refractivity contribution in [2.45, 2.75) is 26.3 Å². The van der Waals surface area contributed by atoms with E-state index in [0.29, 0.717) is 47.4 Å². The Morgan fingerprint density at radius 3 is 2.39 bits per heavy atom. The van der Waals surface area contributed by atoms with Gasteiger partial charge in [-0.3, -0.25) is 9.59 Å². The third-order valence-electron chi connectivity index (χ3n) is 4.25. The molecule has 28 heavy (non-hydrogen) atoms. The van der Waals surface area contributed by atoms with Crippen molar-refractivity contribution in [2.24, 2.45) is 5.92 Å². The monoisotopic (exact) mass is 402 g/mol. The van der Waals surface area contributed by atoms with Gasteiger partial charge in [-0.1, -0.05) is 25.4 Å². The Morgan fingerprint density at radius 2 is 1.71 bits per heavy atom. The Bertz CT molecular complexity index is 852. The van der Waals surface area contributed by atoms with E-state index in [4.69, 9.17) is 21.1 Å². The maximum Gasteiger partial charge on any atom is 0.251 e. The fraction of sp³-hybridized carbons (Fsp3) is 0.333. The summed E-state index contributed by atoms with van der Waals surface area (Å²) in [7, 11) is 0.